The highest BCUT2D eigenvalue weighted by Gasteiger charge is 2.08. The van der Waals surface area contributed by atoms with Crippen LogP contribution in [-0.4, -0.2) is 22.4 Å². The summed E-state index contributed by atoms with van der Waals surface area (Å²) in [5, 5.41) is 2.85. The number of benzene rings is 2. The molecule has 6 nitrogen and oxygen atoms in total. The number of fused-ring (bicyclic) bond motifs is 1. The minimum Gasteiger partial charge on any atom is -0.494 e. The molecule has 2 aromatic heterocycles. The van der Waals surface area contributed by atoms with E-state index in [1.807, 2.05) is 47.1 Å². The fraction of sp³-hybridized carbons (Fsp3) is 0.167. The maximum atomic E-state index is 13.8. The van der Waals surface area contributed by atoms with Crippen LogP contribution in [0.15, 0.2) is 73.1 Å². The van der Waals surface area contributed by atoms with E-state index in [1.165, 1.54) is 13.2 Å². The molecule has 31 heavy (non-hydrogen) atoms. The molecule has 2 heterocycles. The monoisotopic (exact) mass is 419 g/mol. The van der Waals surface area contributed by atoms with Gasteiger partial charge in [0.15, 0.2) is 11.6 Å². The quantitative estimate of drug-likeness (QED) is 0.452. The molecule has 0 aliphatic carbocycles. The molecule has 4 aromatic rings. The maximum Gasteiger partial charge on any atom is 0.224 e. The number of hydrogen-bond acceptors (Lipinski definition) is 4. The molecule has 0 atom stereocenters. The van der Waals surface area contributed by atoms with Crippen LogP contribution in [0.3, 0.4) is 0 Å². The third-order valence-electron chi connectivity index (χ3n) is 4.78. The van der Waals surface area contributed by atoms with Crippen molar-refractivity contribution in [3.8, 4) is 11.5 Å². The molecule has 0 saturated heterocycles. The largest absolute Gasteiger partial charge is 0.494 e. The number of carbonyl (C=O) groups is 1. The highest BCUT2D eigenvalue weighted by atomic mass is 19.1. The van der Waals surface area contributed by atoms with E-state index in [2.05, 4.69) is 10.3 Å². The van der Waals surface area contributed by atoms with Gasteiger partial charge in [-0.05, 0) is 48.4 Å². The van der Waals surface area contributed by atoms with Gasteiger partial charge >= 0.3 is 0 Å². The Kier molecular flexibility index (Phi) is 6.12. The van der Waals surface area contributed by atoms with Gasteiger partial charge in [-0.3, -0.25) is 4.79 Å². The van der Waals surface area contributed by atoms with Gasteiger partial charge in [-0.15, -0.1) is 0 Å². The van der Waals surface area contributed by atoms with Gasteiger partial charge in [-0.25, -0.2) is 9.37 Å². The summed E-state index contributed by atoms with van der Waals surface area (Å²) >= 11 is 0. The zero-order valence-corrected chi connectivity index (χ0v) is 17.0. The van der Waals surface area contributed by atoms with Gasteiger partial charge < -0.3 is 19.2 Å². The summed E-state index contributed by atoms with van der Waals surface area (Å²) in [6, 6.07) is 17.7. The number of halogens is 1. The Bertz CT molecular complexity index is 1170. The van der Waals surface area contributed by atoms with Crippen LogP contribution in [0.25, 0.3) is 5.65 Å². The van der Waals surface area contributed by atoms with E-state index in [4.69, 9.17) is 9.47 Å². The summed E-state index contributed by atoms with van der Waals surface area (Å²) in [4.78, 5) is 16.8. The standard InChI is InChI=1S/C24H22FN3O3/c1-30-22-10-8-17(13-21(22)25)9-11-24(29)27-18-5-4-6-20(14-18)31-16-19-15-28-12-3-2-7-23(28)26-19/h2-8,10,12-15H,9,11,16H2,1H3,(H,27,29). The number of methoxy groups -OCH3 is 1. The molecular weight excluding hydrogens is 397 g/mol. The lowest BCUT2D eigenvalue weighted by Crippen LogP contribution is -2.12. The smallest absolute Gasteiger partial charge is 0.224 e. The number of nitrogens with zero attached hydrogens (tertiary/aromatic N) is 2. The summed E-state index contributed by atoms with van der Waals surface area (Å²) in [6.45, 7) is 0.322. The minimum absolute atomic E-state index is 0.159. The van der Waals surface area contributed by atoms with Crippen LogP contribution in [-0.2, 0) is 17.8 Å². The number of hydrogen-bond donors (Lipinski definition) is 1. The number of amides is 1. The van der Waals surface area contributed by atoms with Gasteiger partial charge in [0, 0.05) is 30.6 Å². The molecule has 1 amide bonds. The zero-order chi connectivity index (χ0) is 21.6. The van der Waals surface area contributed by atoms with Crippen molar-refractivity contribution in [3.63, 3.8) is 0 Å². The van der Waals surface area contributed by atoms with E-state index in [-0.39, 0.29) is 18.1 Å². The van der Waals surface area contributed by atoms with E-state index in [9.17, 15) is 9.18 Å². The molecule has 2 aromatic carbocycles. The molecule has 0 spiro atoms. The molecule has 0 unspecified atom stereocenters. The first-order chi connectivity index (χ1) is 15.1. The molecular formula is C24H22FN3O3. The van der Waals surface area contributed by atoms with Crippen molar-refractivity contribution >= 4 is 17.2 Å². The van der Waals surface area contributed by atoms with Crippen LogP contribution >= 0.6 is 0 Å². The number of aryl methyl sites for hydroxylation is 1. The van der Waals surface area contributed by atoms with Gasteiger partial charge in [0.1, 0.15) is 18.0 Å². The number of aromatic nitrogens is 2. The Hall–Kier alpha value is -3.87. The number of anilines is 1. The van der Waals surface area contributed by atoms with Crippen molar-refractivity contribution in [3.05, 3.63) is 90.1 Å². The Morgan fingerprint density at radius 3 is 2.84 bits per heavy atom. The predicted molar refractivity (Wildman–Crippen MR) is 116 cm³/mol. The second kappa shape index (κ2) is 9.30. The topological polar surface area (TPSA) is 64.9 Å². The summed E-state index contributed by atoms with van der Waals surface area (Å²) < 4.78 is 26.4. The van der Waals surface area contributed by atoms with Gasteiger partial charge in [-0.2, -0.15) is 0 Å². The van der Waals surface area contributed by atoms with Crippen molar-refractivity contribution in [2.45, 2.75) is 19.4 Å². The first-order valence-electron chi connectivity index (χ1n) is 9.88. The lowest BCUT2D eigenvalue weighted by molar-refractivity contribution is -0.116. The molecule has 0 saturated carbocycles. The molecule has 1 N–H and O–H groups in total. The summed E-state index contributed by atoms with van der Waals surface area (Å²) in [7, 11) is 1.42. The van der Waals surface area contributed by atoms with Crippen LogP contribution in [0.4, 0.5) is 10.1 Å². The molecule has 0 aliphatic heterocycles. The molecule has 7 heteroatoms. The second-order valence-corrected chi connectivity index (χ2v) is 7.03. The zero-order valence-electron chi connectivity index (χ0n) is 17.0. The van der Waals surface area contributed by atoms with Gasteiger partial charge in [0.25, 0.3) is 0 Å². The Morgan fingerprint density at radius 2 is 2.03 bits per heavy atom. The first-order valence-corrected chi connectivity index (χ1v) is 9.88. The van der Waals surface area contributed by atoms with Crippen LogP contribution in [0.1, 0.15) is 17.7 Å². The SMILES string of the molecule is COc1ccc(CCC(=O)Nc2cccc(OCc3cn4ccccc4n3)c2)cc1F. The number of ether oxygens (including phenoxy) is 2. The third kappa shape index (κ3) is 5.19. The summed E-state index contributed by atoms with van der Waals surface area (Å²) in [5.41, 5.74) is 3.04. The van der Waals surface area contributed by atoms with E-state index >= 15 is 0 Å². The molecule has 4 rings (SSSR count). The van der Waals surface area contributed by atoms with Crippen molar-refractivity contribution in [1.82, 2.24) is 9.38 Å². The predicted octanol–water partition coefficient (Wildman–Crippen LogP) is 4.63. The fourth-order valence-electron chi connectivity index (χ4n) is 3.22. The van der Waals surface area contributed by atoms with E-state index in [1.54, 1.807) is 24.3 Å². The number of pyridine rings is 1. The van der Waals surface area contributed by atoms with Crippen molar-refractivity contribution in [2.75, 3.05) is 12.4 Å². The lowest BCUT2D eigenvalue weighted by atomic mass is 10.1. The summed E-state index contributed by atoms with van der Waals surface area (Å²) in [6.07, 6.45) is 4.51. The number of carbonyl (C=O) groups excluding carboxylic acids is 1. The van der Waals surface area contributed by atoms with Crippen molar-refractivity contribution in [2.24, 2.45) is 0 Å². The van der Waals surface area contributed by atoms with E-state index in [0.29, 0.717) is 24.5 Å². The van der Waals surface area contributed by atoms with Crippen molar-refractivity contribution < 1.29 is 18.7 Å². The molecule has 0 radical (unpaired) electrons. The van der Waals surface area contributed by atoms with Crippen LogP contribution in [0.2, 0.25) is 0 Å². The normalized spacial score (nSPS) is 10.8. The molecule has 0 aliphatic rings. The average molecular weight is 419 g/mol. The third-order valence-corrected chi connectivity index (χ3v) is 4.78. The van der Waals surface area contributed by atoms with Gasteiger partial charge in [-0.1, -0.05) is 18.2 Å². The van der Waals surface area contributed by atoms with Gasteiger partial charge in [0.2, 0.25) is 5.91 Å². The van der Waals surface area contributed by atoms with Crippen molar-refractivity contribution in [1.29, 1.82) is 0 Å². The minimum atomic E-state index is -0.434. The number of rotatable bonds is 8. The summed E-state index contributed by atoms with van der Waals surface area (Å²) in [5.74, 6) is 0.227. The number of imidazole rings is 1. The van der Waals surface area contributed by atoms with Gasteiger partial charge in [0.05, 0.1) is 12.8 Å². The highest BCUT2D eigenvalue weighted by molar-refractivity contribution is 5.91. The van der Waals surface area contributed by atoms with Crippen LogP contribution < -0.4 is 14.8 Å². The highest BCUT2D eigenvalue weighted by Crippen LogP contribution is 2.20. The van der Waals surface area contributed by atoms with E-state index < -0.39 is 5.82 Å². The second-order valence-electron chi connectivity index (χ2n) is 7.03. The van der Waals surface area contributed by atoms with Crippen LogP contribution in [0, 0.1) is 5.82 Å². The average Bonchev–Trinajstić information content (AvgIpc) is 3.20. The Labute approximate surface area is 179 Å². The van der Waals surface area contributed by atoms with E-state index in [0.717, 1.165) is 16.9 Å². The lowest BCUT2D eigenvalue weighted by Gasteiger charge is -2.09. The fourth-order valence-corrected chi connectivity index (χ4v) is 3.22. The Morgan fingerprint density at radius 1 is 1.13 bits per heavy atom. The Balaban J connectivity index is 1.31. The molecule has 0 bridgehead atoms. The number of nitrogens with one attached hydrogen (secondary N) is 1. The maximum absolute atomic E-state index is 13.8. The molecule has 158 valence electrons. The van der Waals surface area contributed by atoms with Crippen LogP contribution in [0.5, 0.6) is 11.5 Å². The molecule has 0 fully saturated rings. The first kappa shape index (κ1) is 20.4.